The lowest BCUT2D eigenvalue weighted by atomic mass is 10.3. The lowest BCUT2D eigenvalue weighted by molar-refractivity contribution is 0.129. The zero-order valence-electron chi connectivity index (χ0n) is 6.92. The number of rotatable bonds is 4. The van der Waals surface area contributed by atoms with Crippen LogP contribution >= 0.6 is 11.8 Å². The first-order chi connectivity index (χ1) is 5.45. The van der Waals surface area contributed by atoms with Crippen LogP contribution in [0.15, 0.2) is 0 Å². The van der Waals surface area contributed by atoms with Gasteiger partial charge in [0.25, 0.3) is 0 Å². The van der Waals surface area contributed by atoms with Gasteiger partial charge in [0, 0.05) is 12.4 Å². The molecule has 2 aliphatic rings. The van der Waals surface area contributed by atoms with E-state index in [1.165, 1.54) is 37.2 Å². The van der Waals surface area contributed by atoms with Crippen molar-refractivity contribution in [1.82, 2.24) is 0 Å². The first kappa shape index (κ1) is 7.93. The molecule has 0 amide bonds. The highest BCUT2D eigenvalue weighted by Gasteiger charge is 2.22. The van der Waals surface area contributed by atoms with Crippen LogP contribution in [0.1, 0.15) is 25.7 Å². The summed E-state index contributed by atoms with van der Waals surface area (Å²) in [6.07, 6.45) is 6.15. The molecular formula is C9H16OS. The minimum Gasteiger partial charge on any atom is -0.377 e. The second kappa shape index (κ2) is 3.81. The molecule has 0 N–H and O–H groups in total. The molecule has 1 unspecified atom stereocenters. The SMILES string of the molecule is C1COC(CSCC2CC2)C1. The summed E-state index contributed by atoms with van der Waals surface area (Å²) in [6, 6.07) is 0. The zero-order valence-corrected chi connectivity index (χ0v) is 7.74. The van der Waals surface area contributed by atoms with Crippen molar-refractivity contribution in [3.8, 4) is 0 Å². The third kappa shape index (κ3) is 2.68. The molecule has 1 saturated heterocycles. The average Bonchev–Trinajstić information content (AvgIpc) is 2.66. The van der Waals surface area contributed by atoms with Gasteiger partial charge in [-0.2, -0.15) is 11.8 Å². The van der Waals surface area contributed by atoms with Gasteiger partial charge >= 0.3 is 0 Å². The third-order valence-electron chi connectivity index (χ3n) is 2.38. The minimum atomic E-state index is 0.596. The number of hydrogen-bond acceptors (Lipinski definition) is 2. The maximum Gasteiger partial charge on any atom is 0.0666 e. The van der Waals surface area contributed by atoms with Crippen LogP contribution in [-0.4, -0.2) is 24.2 Å². The van der Waals surface area contributed by atoms with Crippen LogP contribution < -0.4 is 0 Å². The lowest BCUT2D eigenvalue weighted by Crippen LogP contribution is -2.08. The van der Waals surface area contributed by atoms with E-state index in [9.17, 15) is 0 Å². The molecule has 0 aromatic carbocycles. The van der Waals surface area contributed by atoms with Crippen molar-refractivity contribution in [3.63, 3.8) is 0 Å². The molecule has 0 radical (unpaired) electrons. The molecular weight excluding hydrogens is 156 g/mol. The van der Waals surface area contributed by atoms with E-state index in [0.29, 0.717) is 6.10 Å². The van der Waals surface area contributed by atoms with Gasteiger partial charge in [-0.15, -0.1) is 0 Å². The molecule has 11 heavy (non-hydrogen) atoms. The topological polar surface area (TPSA) is 9.23 Å². The van der Waals surface area contributed by atoms with Gasteiger partial charge in [-0.05, 0) is 37.4 Å². The van der Waals surface area contributed by atoms with Gasteiger partial charge in [0.05, 0.1) is 6.10 Å². The van der Waals surface area contributed by atoms with Crippen molar-refractivity contribution in [2.24, 2.45) is 5.92 Å². The summed E-state index contributed by atoms with van der Waals surface area (Å²) in [5.41, 5.74) is 0. The molecule has 1 saturated carbocycles. The molecule has 1 aliphatic heterocycles. The second-order valence-electron chi connectivity index (χ2n) is 3.62. The predicted octanol–water partition coefficient (Wildman–Crippen LogP) is 2.31. The fraction of sp³-hybridized carbons (Fsp3) is 1.00. The molecule has 1 atom stereocenters. The summed E-state index contributed by atoms with van der Waals surface area (Å²) in [5, 5.41) is 0. The van der Waals surface area contributed by atoms with Crippen LogP contribution in [0, 0.1) is 5.92 Å². The van der Waals surface area contributed by atoms with Crippen LogP contribution in [0.5, 0.6) is 0 Å². The number of ether oxygens (including phenoxy) is 1. The molecule has 1 nitrogen and oxygen atoms in total. The molecule has 2 heteroatoms. The van der Waals surface area contributed by atoms with Gasteiger partial charge in [0.15, 0.2) is 0 Å². The Bertz CT molecular complexity index is 117. The van der Waals surface area contributed by atoms with Crippen LogP contribution in [-0.2, 0) is 4.74 Å². The Hall–Kier alpha value is 0.310. The minimum absolute atomic E-state index is 0.596. The van der Waals surface area contributed by atoms with Crippen molar-refractivity contribution in [3.05, 3.63) is 0 Å². The van der Waals surface area contributed by atoms with E-state index >= 15 is 0 Å². The Morgan fingerprint density at radius 3 is 2.73 bits per heavy atom. The normalized spacial score (nSPS) is 31.1. The van der Waals surface area contributed by atoms with E-state index in [0.717, 1.165) is 12.5 Å². The summed E-state index contributed by atoms with van der Waals surface area (Å²) in [7, 11) is 0. The molecule has 1 aliphatic carbocycles. The van der Waals surface area contributed by atoms with Gasteiger partial charge in [-0.3, -0.25) is 0 Å². The Kier molecular flexibility index (Phi) is 2.75. The van der Waals surface area contributed by atoms with E-state index in [-0.39, 0.29) is 0 Å². The molecule has 0 bridgehead atoms. The van der Waals surface area contributed by atoms with Gasteiger partial charge < -0.3 is 4.74 Å². The lowest BCUT2D eigenvalue weighted by Gasteiger charge is -2.07. The standard InChI is InChI=1S/C9H16OS/c1-2-9(10-5-1)7-11-6-8-3-4-8/h8-9H,1-7H2. The molecule has 0 spiro atoms. The summed E-state index contributed by atoms with van der Waals surface area (Å²) in [4.78, 5) is 0. The average molecular weight is 172 g/mol. The van der Waals surface area contributed by atoms with Crippen LogP contribution in [0.3, 0.4) is 0 Å². The summed E-state index contributed by atoms with van der Waals surface area (Å²) >= 11 is 2.10. The highest BCUT2D eigenvalue weighted by atomic mass is 32.2. The van der Waals surface area contributed by atoms with Crippen molar-refractivity contribution in [1.29, 1.82) is 0 Å². The molecule has 0 aromatic heterocycles. The quantitative estimate of drug-likeness (QED) is 0.643. The maximum absolute atomic E-state index is 5.53. The van der Waals surface area contributed by atoms with Gasteiger partial charge in [-0.25, -0.2) is 0 Å². The molecule has 2 fully saturated rings. The monoisotopic (exact) mass is 172 g/mol. The summed E-state index contributed by atoms with van der Waals surface area (Å²) in [6.45, 7) is 1.01. The third-order valence-corrected chi connectivity index (χ3v) is 3.69. The van der Waals surface area contributed by atoms with E-state index < -0.39 is 0 Å². The number of thioether (sulfide) groups is 1. The second-order valence-corrected chi connectivity index (χ2v) is 4.69. The van der Waals surface area contributed by atoms with Crippen molar-refractivity contribution in [2.45, 2.75) is 31.8 Å². The molecule has 0 aromatic rings. The first-order valence-electron chi connectivity index (χ1n) is 4.64. The van der Waals surface area contributed by atoms with Gasteiger partial charge in [0.1, 0.15) is 0 Å². The Balaban J connectivity index is 1.51. The van der Waals surface area contributed by atoms with Crippen LogP contribution in [0.4, 0.5) is 0 Å². The first-order valence-corrected chi connectivity index (χ1v) is 5.80. The summed E-state index contributed by atoms with van der Waals surface area (Å²) < 4.78 is 5.53. The highest BCUT2D eigenvalue weighted by molar-refractivity contribution is 7.99. The zero-order chi connectivity index (χ0) is 7.52. The maximum atomic E-state index is 5.53. The molecule has 64 valence electrons. The van der Waals surface area contributed by atoms with E-state index in [1.807, 2.05) is 0 Å². The Labute approximate surface area is 72.9 Å². The van der Waals surface area contributed by atoms with Gasteiger partial charge in [0.2, 0.25) is 0 Å². The fourth-order valence-electron chi connectivity index (χ4n) is 1.43. The van der Waals surface area contributed by atoms with Crippen molar-refractivity contribution in [2.75, 3.05) is 18.1 Å². The fourth-order valence-corrected chi connectivity index (χ4v) is 2.75. The van der Waals surface area contributed by atoms with Crippen LogP contribution in [0.2, 0.25) is 0 Å². The smallest absolute Gasteiger partial charge is 0.0666 e. The van der Waals surface area contributed by atoms with Crippen molar-refractivity contribution < 1.29 is 4.74 Å². The van der Waals surface area contributed by atoms with Crippen LogP contribution in [0.25, 0.3) is 0 Å². The van der Waals surface area contributed by atoms with E-state index in [1.54, 1.807) is 0 Å². The van der Waals surface area contributed by atoms with Gasteiger partial charge in [-0.1, -0.05) is 0 Å². The molecule has 2 rings (SSSR count). The largest absolute Gasteiger partial charge is 0.377 e. The molecule has 1 heterocycles. The summed E-state index contributed by atoms with van der Waals surface area (Å²) in [5.74, 6) is 3.71. The Morgan fingerprint density at radius 1 is 1.18 bits per heavy atom. The van der Waals surface area contributed by atoms with Crippen molar-refractivity contribution >= 4 is 11.8 Å². The van der Waals surface area contributed by atoms with E-state index in [4.69, 9.17) is 4.74 Å². The Morgan fingerprint density at radius 2 is 2.09 bits per heavy atom. The predicted molar refractivity (Wildman–Crippen MR) is 49.0 cm³/mol. The number of hydrogen-bond donors (Lipinski definition) is 0. The highest BCUT2D eigenvalue weighted by Crippen LogP contribution is 2.33. The van der Waals surface area contributed by atoms with E-state index in [2.05, 4.69) is 11.8 Å².